The smallest absolute Gasteiger partial charge is 0.257 e. The third-order valence-electron chi connectivity index (χ3n) is 3.44. The fraction of sp³-hybridized carbons (Fsp3) is 0. The average Bonchev–Trinajstić information content (AvgIpc) is 2.64. The number of hydrogen-bond acceptors (Lipinski definition) is 4. The first-order valence-corrected chi connectivity index (χ1v) is 8.24. The second-order valence-electron chi connectivity index (χ2n) is 5.18. The molecule has 1 amide bonds. The number of rotatable bonds is 4. The van der Waals surface area contributed by atoms with E-state index in [0.29, 0.717) is 28.3 Å². The zero-order valence-corrected chi connectivity index (χ0v) is 14.6. The summed E-state index contributed by atoms with van der Waals surface area (Å²) < 4.78 is 0.945. The molecule has 25 heavy (non-hydrogen) atoms. The van der Waals surface area contributed by atoms with Gasteiger partial charge in [0.15, 0.2) is 0 Å². The van der Waals surface area contributed by atoms with Gasteiger partial charge >= 0.3 is 0 Å². The quantitative estimate of drug-likeness (QED) is 0.673. The number of nitrogens with zero attached hydrogens (tertiary/aromatic N) is 2. The van der Waals surface area contributed by atoms with Crippen LogP contribution in [0.2, 0.25) is 0 Å². The van der Waals surface area contributed by atoms with Crippen molar-refractivity contribution in [3.63, 3.8) is 0 Å². The van der Waals surface area contributed by atoms with Crippen molar-refractivity contribution in [1.29, 1.82) is 5.26 Å². The number of hydrogen-bond donors (Lipinski definition) is 2. The van der Waals surface area contributed by atoms with Crippen molar-refractivity contribution < 1.29 is 4.79 Å². The molecule has 0 radical (unpaired) electrons. The van der Waals surface area contributed by atoms with Crippen molar-refractivity contribution in [3.05, 3.63) is 82.5 Å². The number of nitriles is 1. The number of halogens is 1. The van der Waals surface area contributed by atoms with E-state index in [2.05, 4.69) is 37.6 Å². The molecule has 3 rings (SSSR count). The predicted molar refractivity (Wildman–Crippen MR) is 101 cm³/mol. The SMILES string of the molecule is N#Cc1ccccc1Nc1ccc(C(=O)Nc2ccc(Br)cc2)cn1. The molecule has 0 aliphatic carbocycles. The van der Waals surface area contributed by atoms with Crippen molar-refractivity contribution in [2.75, 3.05) is 10.6 Å². The first-order valence-electron chi connectivity index (χ1n) is 7.45. The molecule has 122 valence electrons. The van der Waals surface area contributed by atoms with Crippen LogP contribution < -0.4 is 10.6 Å². The first-order chi connectivity index (χ1) is 12.2. The Balaban J connectivity index is 1.70. The molecular weight excluding hydrogens is 380 g/mol. The highest BCUT2D eigenvalue weighted by molar-refractivity contribution is 9.10. The van der Waals surface area contributed by atoms with Crippen LogP contribution in [0.25, 0.3) is 0 Å². The van der Waals surface area contributed by atoms with Crippen LogP contribution in [0.1, 0.15) is 15.9 Å². The molecule has 0 fully saturated rings. The molecule has 5 nitrogen and oxygen atoms in total. The minimum atomic E-state index is -0.237. The van der Waals surface area contributed by atoms with Gasteiger partial charge in [0.2, 0.25) is 0 Å². The number of aromatic nitrogens is 1. The number of carbonyl (C=O) groups is 1. The summed E-state index contributed by atoms with van der Waals surface area (Å²) >= 11 is 3.35. The summed E-state index contributed by atoms with van der Waals surface area (Å²) in [5.74, 6) is 0.321. The van der Waals surface area contributed by atoms with E-state index in [1.807, 2.05) is 30.3 Å². The number of anilines is 3. The molecule has 2 N–H and O–H groups in total. The molecule has 0 saturated heterocycles. The van der Waals surface area contributed by atoms with Crippen LogP contribution in [-0.4, -0.2) is 10.9 Å². The number of nitrogens with one attached hydrogen (secondary N) is 2. The van der Waals surface area contributed by atoms with Gasteiger partial charge in [-0.05, 0) is 48.5 Å². The van der Waals surface area contributed by atoms with Crippen LogP contribution in [0.4, 0.5) is 17.2 Å². The molecule has 6 heteroatoms. The third kappa shape index (κ3) is 4.22. The van der Waals surface area contributed by atoms with Gasteiger partial charge in [-0.2, -0.15) is 5.26 Å². The van der Waals surface area contributed by atoms with Gasteiger partial charge < -0.3 is 10.6 Å². The van der Waals surface area contributed by atoms with Crippen LogP contribution in [0.15, 0.2) is 71.3 Å². The highest BCUT2D eigenvalue weighted by Crippen LogP contribution is 2.19. The molecule has 2 aromatic carbocycles. The van der Waals surface area contributed by atoms with Gasteiger partial charge in [-0.1, -0.05) is 28.1 Å². The Bertz CT molecular complexity index is 931. The Hall–Kier alpha value is -3.17. The topological polar surface area (TPSA) is 77.8 Å². The normalized spacial score (nSPS) is 9.92. The van der Waals surface area contributed by atoms with Gasteiger partial charge in [0, 0.05) is 16.4 Å². The summed E-state index contributed by atoms with van der Waals surface area (Å²) in [4.78, 5) is 16.5. The molecule has 1 aromatic heterocycles. The van der Waals surface area contributed by atoms with Crippen molar-refractivity contribution >= 4 is 39.0 Å². The van der Waals surface area contributed by atoms with Crippen molar-refractivity contribution in [2.45, 2.75) is 0 Å². The van der Waals surface area contributed by atoms with Crippen LogP contribution in [-0.2, 0) is 0 Å². The molecule has 0 bridgehead atoms. The molecule has 0 saturated carbocycles. The average molecular weight is 393 g/mol. The lowest BCUT2D eigenvalue weighted by molar-refractivity contribution is 0.102. The summed E-state index contributed by atoms with van der Waals surface area (Å²) in [7, 11) is 0. The Morgan fingerprint density at radius 2 is 1.80 bits per heavy atom. The zero-order valence-electron chi connectivity index (χ0n) is 13.0. The maximum Gasteiger partial charge on any atom is 0.257 e. The van der Waals surface area contributed by atoms with Crippen LogP contribution >= 0.6 is 15.9 Å². The molecule has 3 aromatic rings. The number of pyridine rings is 1. The van der Waals surface area contributed by atoms with Crippen LogP contribution in [0.3, 0.4) is 0 Å². The first kappa shape index (κ1) is 16.7. The van der Waals surface area contributed by atoms with Gasteiger partial charge in [-0.25, -0.2) is 4.98 Å². The second-order valence-corrected chi connectivity index (χ2v) is 6.09. The summed E-state index contributed by atoms with van der Waals surface area (Å²) in [6, 6.07) is 20.0. The van der Waals surface area contributed by atoms with E-state index < -0.39 is 0 Å². The van der Waals surface area contributed by atoms with E-state index in [1.165, 1.54) is 6.20 Å². The van der Waals surface area contributed by atoms with E-state index in [-0.39, 0.29) is 5.91 Å². The zero-order chi connectivity index (χ0) is 17.6. The van der Waals surface area contributed by atoms with E-state index in [0.717, 1.165) is 4.47 Å². The van der Waals surface area contributed by atoms with Crippen molar-refractivity contribution in [2.24, 2.45) is 0 Å². The summed E-state index contributed by atoms with van der Waals surface area (Å²) in [6.45, 7) is 0. The molecule has 0 spiro atoms. The minimum absolute atomic E-state index is 0.237. The maximum atomic E-state index is 12.2. The van der Waals surface area contributed by atoms with E-state index >= 15 is 0 Å². The lowest BCUT2D eigenvalue weighted by atomic mass is 10.2. The highest BCUT2D eigenvalue weighted by Gasteiger charge is 2.08. The summed E-state index contributed by atoms with van der Waals surface area (Å²) in [5, 5.41) is 15.0. The lowest BCUT2D eigenvalue weighted by Crippen LogP contribution is -2.12. The van der Waals surface area contributed by atoms with Crippen LogP contribution in [0.5, 0.6) is 0 Å². The summed E-state index contributed by atoms with van der Waals surface area (Å²) in [5.41, 5.74) is 2.35. The van der Waals surface area contributed by atoms with Gasteiger partial charge in [-0.15, -0.1) is 0 Å². The Labute approximate surface area is 153 Å². The Kier molecular flexibility index (Phi) is 5.07. The van der Waals surface area contributed by atoms with Crippen LogP contribution in [0, 0.1) is 11.3 Å². The van der Waals surface area contributed by atoms with E-state index in [1.54, 1.807) is 30.3 Å². The van der Waals surface area contributed by atoms with E-state index in [4.69, 9.17) is 5.26 Å². The number of carbonyl (C=O) groups excluding carboxylic acids is 1. The number of para-hydroxylation sites is 1. The highest BCUT2D eigenvalue weighted by atomic mass is 79.9. The molecule has 0 aliphatic heterocycles. The molecule has 0 atom stereocenters. The fourth-order valence-corrected chi connectivity index (χ4v) is 2.43. The number of benzene rings is 2. The monoisotopic (exact) mass is 392 g/mol. The lowest BCUT2D eigenvalue weighted by Gasteiger charge is -2.08. The minimum Gasteiger partial charge on any atom is -0.339 e. The van der Waals surface area contributed by atoms with Gasteiger partial charge in [0.05, 0.1) is 16.8 Å². The Morgan fingerprint density at radius 1 is 1.04 bits per heavy atom. The maximum absolute atomic E-state index is 12.2. The molecule has 1 heterocycles. The second kappa shape index (κ2) is 7.60. The predicted octanol–water partition coefficient (Wildman–Crippen LogP) is 4.71. The Morgan fingerprint density at radius 3 is 2.48 bits per heavy atom. The standard InChI is InChI=1S/C19H13BrN4O/c20-15-6-8-16(9-7-15)23-19(25)14-5-10-18(22-12-14)24-17-4-2-1-3-13(17)11-21/h1-10,12H,(H,22,24)(H,23,25). The fourth-order valence-electron chi connectivity index (χ4n) is 2.17. The molecule has 0 unspecified atom stereocenters. The van der Waals surface area contributed by atoms with E-state index in [9.17, 15) is 4.79 Å². The van der Waals surface area contributed by atoms with Gasteiger partial charge in [-0.3, -0.25) is 4.79 Å². The van der Waals surface area contributed by atoms with Gasteiger partial charge in [0.25, 0.3) is 5.91 Å². The molecular formula is C19H13BrN4O. The largest absolute Gasteiger partial charge is 0.339 e. The van der Waals surface area contributed by atoms with Gasteiger partial charge in [0.1, 0.15) is 11.9 Å². The number of amides is 1. The third-order valence-corrected chi connectivity index (χ3v) is 3.97. The summed E-state index contributed by atoms with van der Waals surface area (Å²) in [6.07, 6.45) is 1.49. The van der Waals surface area contributed by atoms with Crippen molar-refractivity contribution in [1.82, 2.24) is 4.98 Å². The molecule has 0 aliphatic rings. The van der Waals surface area contributed by atoms with Crippen molar-refractivity contribution in [3.8, 4) is 6.07 Å².